The van der Waals surface area contributed by atoms with Crippen molar-refractivity contribution in [1.82, 2.24) is 4.90 Å². The second-order valence-electron chi connectivity index (χ2n) is 4.33. The molecule has 0 aliphatic carbocycles. The van der Waals surface area contributed by atoms with Gasteiger partial charge < -0.3 is 4.90 Å². The lowest BCUT2D eigenvalue weighted by atomic mass is 10.1. The SMILES string of the molecule is CC(C)CN1C(=S)N=NC1c1ccccc1. The molecule has 16 heavy (non-hydrogen) atoms. The highest BCUT2D eigenvalue weighted by Crippen LogP contribution is 2.29. The fourth-order valence-electron chi connectivity index (χ4n) is 1.77. The van der Waals surface area contributed by atoms with Crippen LogP contribution < -0.4 is 0 Å². The molecule has 1 heterocycles. The zero-order chi connectivity index (χ0) is 11.5. The zero-order valence-corrected chi connectivity index (χ0v) is 10.3. The maximum absolute atomic E-state index is 5.20. The van der Waals surface area contributed by atoms with Crippen molar-refractivity contribution in [2.45, 2.75) is 20.0 Å². The van der Waals surface area contributed by atoms with Gasteiger partial charge in [-0.2, -0.15) is 5.11 Å². The summed E-state index contributed by atoms with van der Waals surface area (Å²) in [6, 6.07) is 10.1. The Labute approximate surface area is 101 Å². The zero-order valence-electron chi connectivity index (χ0n) is 9.50. The van der Waals surface area contributed by atoms with E-state index in [2.05, 4.69) is 41.1 Å². The van der Waals surface area contributed by atoms with E-state index in [9.17, 15) is 0 Å². The molecule has 0 N–H and O–H groups in total. The van der Waals surface area contributed by atoms with Gasteiger partial charge in [0.1, 0.15) is 0 Å². The third kappa shape index (κ3) is 2.27. The van der Waals surface area contributed by atoms with Gasteiger partial charge in [0.2, 0.25) is 5.11 Å². The van der Waals surface area contributed by atoms with E-state index in [1.165, 1.54) is 0 Å². The van der Waals surface area contributed by atoms with Gasteiger partial charge in [0.05, 0.1) is 0 Å². The summed E-state index contributed by atoms with van der Waals surface area (Å²) in [5.74, 6) is 0.549. The van der Waals surface area contributed by atoms with Gasteiger partial charge in [0, 0.05) is 6.54 Å². The lowest BCUT2D eigenvalue weighted by molar-refractivity contribution is 0.310. The molecular weight excluding hydrogens is 218 g/mol. The van der Waals surface area contributed by atoms with Gasteiger partial charge >= 0.3 is 0 Å². The average molecular weight is 233 g/mol. The van der Waals surface area contributed by atoms with E-state index in [1.54, 1.807) is 0 Å². The number of nitrogens with zero attached hydrogens (tertiary/aromatic N) is 3. The van der Waals surface area contributed by atoms with E-state index >= 15 is 0 Å². The summed E-state index contributed by atoms with van der Waals surface area (Å²) in [5.41, 5.74) is 1.15. The molecule has 0 saturated heterocycles. The molecule has 1 aliphatic rings. The van der Waals surface area contributed by atoms with E-state index in [0.29, 0.717) is 11.0 Å². The van der Waals surface area contributed by atoms with Crippen LogP contribution in [0.1, 0.15) is 25.6 Å². The molecule has 4 heteroatoms. The molecule has 84 valence electrons. The van der Waals surface area contributed by atoms with Crippen molar-refractivity contribution >= 4 is 17.3 Å². The predicted octanol–water partition coefficient (Wildman–Crippen LogP) is 3.39. The Balaban J connectivity index is 2.21. The van der Waals surface area contributed by atoms with Gasteiger partial charge in [-0.3, -0.25) is 0 Å². The van der Waals surface area contributed by atoms with Crippen molar-refractivity contribution in [3.8, 4) is 0 Å². The topological polar surface area (TPSA) is 28.0 Å². The first-order chi connectivity index (χ1) is 7.68. The van der Waals surface area contributed by atoms with Gasteiger partial charge in [-0.05, 0) is 23.7 Å². The van der Waals surface area contributed by atoms with Crippen molar-refractivity contribution in [3.63, 3.8) is 0 Å². The van der Waals surface area contributed by atoms with Crippen LogP contribution in [0.4, 0.5) is 0 Å². The van der Waals surface area contributed by atoms with Crippen molar-refractivity contribution in [2.75, 3.05) is 6.54 Å². The standard InChI is InChI=1S/C12H15N3S/c1-9(2)8-15-11(13-14-12(15)16)10-6-4-3-5-7-10/h3-7,9,11H,8H2,1-2H3. The summed E-state index contributed by atoms with van der Waals surface area (Å²) in [7, 11) is 0. The van der Waals surface area contributed by atoms with Crippen molar-refractivity contribution in [1.29, 1.82) is 0 Å². The normalized spacial score (nSPS) is 19.8. The second-order valence-corrected chi connectivity index (χ2v) is 4.69. The van der Waals surface area contributed by atoms with Crippen LogP contribution >= 0.6 is 12.2 Å². The first kappa shape index (κ1) is 11.2. The van der Waals surface area contributed by atoms with E-state index < -0.39 is 0 Å². The molecule has 0 spiro atoms. The molecule has 0 aromatic heterocycles. The molecule has 0 radical (unpaired) electrons. The first-order valence-electron chi connectivity index (χ1n) is 5.45. The minimum atomic E-state index is -0.0314. The van der Waals surface area contributed by atoms with E-state index in [-0.39, 0.29) is 6.17 Å². The summed E-state index contributed by atoms with van der Waals surface area (Å²) in [5, 5.41) is 8.84. The molecule has 1 aliphatic heterocycles. The molecule has 0 saturated carbocycles. The molecule has 3 nitrogen and oxygen atoms in total. The minimum Gasteiger partial charge on any atom is -0.318 e. The van der Waals surface area contributed by atoms with Crippen LogP contribution in [0.25, 0.3) is 0 Å². The average Bonchev–Trinajstić information content (AvgIpc) is 2.61. The molecule has 2 rings (SSSR count). The summed E-state index contributed by atoms with van der Waals surface area (Å²) in [6.07, 6.45) is -0.0314. The third-order valence-corrected chi connectivity index (χ3v) is 2.77. The molecule has 1 aromatic carbocycles. The van der Waals surface area contributed by atoms with Crippen molar-refractivity contribution in [3.05, 3.63) is 35.9 Å². The summed E-state index contributed by atoms with van der Waals surface area (Å²) in [6.45, 7) is 5.23. The van der Waals surface area contributed by atoms with Crippen LogP contribution in [0.2, 0.25) is 0 Å². The Kier molecular flexibility index (Phi) is 3.29. The monoisotopic (exact) mass is 233 g/mol. The highest BCUT2D eigenvalue weighted by molar-refractivity contribution is 7.80. The number of thiocarbonyl (C=S) groups is 1. The fraction of sp³-hybridized carbons (Fsp3) is 0.417. The Hall–Kier alpha value is -1.29. The van der Waals surface area contributed by atoms with E-state index in [4.69, 9.17) is 12.2 Å². The third-order valence-electron chi connectivity index (χ3n) is 2.45. The summed E-state index contributed by atoms with van der Waals surface area (Å²) in [4.78, 5) is 2.08. The highest BCUT2D eigenvalue weighted by atomic mass is 32.1. The summed E-state index contributed by atoms with van der Waals surface area (Å²) < 4.78 is 0. The van der Waals surface area contributed by atoms with Gasteiger partial charge in [-0.15, -0.1) is 5.11 Å². The molecular formula is C12H15N3S. The quantitative estimate of drug-likeness (QED) is 0.748. The van der Waals surface area contributed by atoms with Gasteiger partial charge in [0.25, 0.3) is 0 Å². The van der Waals surface area contributed by atoms with Crippen LogP contribution in [0, 0.1) is 5.92 Å². The number of hydrogen-bond acceptors (Lipinski definition) is 2. The van der Waals surface area contributed by atoms with E-state index in [1.807, 2.05) is 18.2 Å². The van der Waals surface area contributed by atoms with Crippen LogP contribution in [0.3, 0.4) is 0 Å². The number of azo groups is 1. The lowest BCUT2D eigenvalue weighted by Gasteiger charge is -2.24. The molecule has 0 fully saturated rings. The smallest absolute Gasteiger partial charge is 0.218 e. The molecule has 0 amide bonds. The van der Waals surface area contributed by atoms with Gasteiger partial charge in [0.15, 0.2) is 6.17 Å². The molecule has 1 atom stereocenters. The Morgan fingerprint density at radius 1 is 1.31 bits per heavy atom. The second kappa shape index (κ2) is 4.70. The number of hydrogen-bond donors (Lipinski definition) is 0. The highest BCUT2D eigenvalue weighted by Gasteiger charge is 2.27. The van der Waals surface area contributed by atoms with Crippen LogP contribution in [-0.4, -0.2) is 16.6 Å². The van der Waals surface area contributed by atoms with Crippen LogP contribution in [0.5, 0.6) is 0 Å². The number of benzene rings is 1. The van der Waals surface area contributed by atoms with Crippen LogP contribution in [0.15, 0.2) is 40.6 Å². The lowest BCUT2D eigenvalue weighted by Crippen LogP contribution is -2.30. The van der Waals surface area contributed by atoms with Crippen LogP contribution in [-0.2, 0) is 0 Å². The first-order valence-corrected chi connectivity index (χ1v) is 5.85. The predicted molar refractivity (Wildman–Crippen MR) is 68.2 cm³/mol. The number of rotatable bonds is 3. The Bertz CT molecular complexity index is 400. The van der Waals surface area contributed by atoms with E-state index in [0.717, 1.165) is 12.1 Å². The van der Waals surface area contributed by atoms with Gasteiger partial charge in [-0.1, -0.05) is 44.2 Å². The molecule has 1 aromatic rings. The Morgan fingerprint density at radius 2 is 2.00 bits per heavy atom. The molecule has 0 bridgehead atoms. The minimum absolute atomic E-state index is 0.0314. The Morgan fingerprint density at radius 3 is 2.62 bits per heavy atom. The summed E-state index contributed by atoms with van der Waals surface area (Å²) >= 11 is 5.20. The maximum Gasteiger partial charge on any atom is 0.218 e. The van der Waals surface area contributed by atoms with Gasteiger partial charge in [-0.25, -0.2) is 0 Å². The maximum atomic E-state index is 5.20. The fourth-order valence-corrected chi connectivity index (χ4v) is 1.99. The van der Waals surface area contributed by atoms with Crippen molar-refractivity contribution in [2.24, 2.45) is 16.1 Å². The molecule has 1 unspecified atom stereocenters. The van der Waals surface area contributed by atoms with Crippen molar-refractivity contribution < 1.29 is 0 Å². The largest absolute Gasteiger partial charge is 0.318 e.